The third-order valence-electron chi connectivity index (χ3n) is 4.99. The largest absolute Gasteiger partial charge is 0.481 e. The zero-order chi connectivity index (χ0) is 21.4. The van der Waals surface area contributed by atoms with Gasteiger partial charge in [-0.3, -0.25) is 0 Å². The van der Waals surface area contributed by atoms with Crippen LogP contribution in [-0.4, -0.2) is 35.7 Å². The first kappa shape index (κ1) is 20.9. The maximum atomic E-state index is 12.7. The van der Waals surface area contributed by atoms with Crippen molar-refractivity contribution in [3.63, 3.8) is 0 Å². The van der Waals surface area contributed by atoms with E-state index in [1.165, 1.54) is 7.11 Å². The molecule has 0 bridgehead atoms. The molecule has 3 rings (SSSR count). The van der Waals surface area contributed by atoms with E-state index in [1.807, 2.05) is 32.9 Å². The molecule has 0 saturated heterocycles. The fourth-order valence-electron chi connectivity index (χ4n) is 3.41. The SMILES string of the molecule is COc1ccc(-c2cc(Cl)ccc2C2(N(C)C(=O)OC(C)(C)C)CC2)c(C#N)n1. The number of methoxy groups -OCH3 is 1. The first-order valence-electron chi connectivity index (χ1n) is 9.33. The van der Waals surface area contributed by atoms with Gasteiger partial charge in [0, 0.05) is 23.7 Å². The van der Waals surface area contributed by atoms with Crippen molar-refractivity contribution in [3.05, 3.63) is 46.6 Å². The van der Waals surface area contributed by atoms with E-state index in [1.54, 1.807) is 30.1 Å². The Labute approximate surface area is 176 Å². The van der Waals surface area contributed by atoms with Crippen LogP contribution in [0, 0.1) is 11.3 Å². The number of aromatic nitrogens is 1. The van der Waals surface area contributed by atoms with Gasteiger partial charge in [-0.2, -0.15) is 5.26 Å². The van der Waals surface area contributed by atoms with Crippen molar-refractivity contribution in [3.8, 4) is 23.1 Å². The number of benzene rings is 1. The number of pyridine rings is 1. The first-order chi connectivity index (χ1) is 13.6. The number of ether oxygens (including phenoxy) is 2. The summed E-state index contributed by atoms with van der Waals surface area (Å²) >= 11 is 6.29. The second-order valence-electron chi connectivity index (χ2n) is 8.12. The number of nitriles is 1. The molecule has 7 heteroatoms. The highest BCUT2D eigenvalue weighted by Gasteiger charge is 2.52. The molecule has 0 aliphatic heterocycles. The Morgan fingerprint density at radius 3 is 2.48 bits per heavy atom. The van der Waals surface area contributed by atoms with E-state index in [9.17, 15) is 10.1 Å². The van der Waals surface area contributed by atoms with Crippen molar-refractivity contribution >= 4 is 17.7 Å². The molecule has 0 atom stereocenters. The molecule has 1 aromatic heterocycles. The third-order valence-corrected chi connectivity index (χ3v) is 5.23. The summed E-state index contributed by atoms with van der Waals surface area (Å²) in [5, 5.41) is 10.2. The Morgan fingerprint density at radius 1 is 1.24 bits per heavy atom. The van der Waals surface area contributed by atoms with E-state index in [-0.39, 0.29) is 11.8 Å². The monoisotopic (exact) mass is 413 g/mol. The van der Waals surface area contributed by atoms with Gasteiger partial charge in [-0.15, -0.1) is 0 Å². The van der Waals surface area contributed by atoms with Gasteiger partial charge in [-0.25, -0.2) is 9.78 Å². The van der Waals surface area contributed by atoms with Crippen molar-refractivity contribution in [1.82, 2.24) is 9.88 Å². The van der Waals surface area contributed by atoms with Crippen LogP contribution in [-0.2, 0) is 10.3 Å². The smallest absolute Gasteiger partial charge is 0.410 e. The fourth-order valence-corrected chi connectivity index (χ4v) is 3.58. The van der Waals surface area contributed by atoms with E-state index in [0.717, 1.165) is 24.0 Å². The molecule has 1 heterocycles. The molecular formula is C22H24ClN3O3. The van der Waals surface area contributed by atoms with E-state index in [2.05, 4.69) is 11.1 Å². The van der Waals surface area contributed by atoms with Crippen molar-refractivity contribution in [2.24, 2.45) is 0 Å². The highest BCUT2D eigenvalue weighted by Crippen LogP contribution is 2.54. The molecule has 2 aromatic rings. The highest BCUT2D eigenvalue weighted by molar-refractivity contribution is 6.30. The lowest BCUT2D eigenvalue weighted by Gasteiger charge is -2.32. The van der Waals surface area contributed by atoms with Gasteiger partial charge in [0.1, 0.15) is 11.7 Å². The van der Waals surface area contributed by atoms with Crippen LogP contribution in [0.4, 0.5) is 4.79 Å². The molecule has 0 spiro atoms. The maximum absolute atomic E-state index is 12.7. The molecule has 0 radical (unpaired) electrons. The van der Waals surface area contributed by atoms with E-state index >= 15 is 0 Å². The molecule has 0 N–H and O–H groups in total. The average Bonchev–Trinajstić information content (AvgIpc) is 3.47. The standard InChI is InChI=1S/C22H24ClN3O3/c1-21(2,3)29-20(27)26(4)22(10-11-22)17-8-6-14(23)12-16(17)15-7-9-19(28-5)25-18(15)13-24/h6-9,12H,10-11H2,1-5H3. The van der Waals surface area contributed by atoms with E-state index in [0.29, 0.717) is 16.5 Å². The predicted molar refractivity (Wildman–Crippen MR) is 111 cm³/mol. The number of carbonyl (C=O) groups excluding carboxylic acids is 1. The fraction of sp³-hybridized carbons (Fsp3) is 0.409. The lowest BCUT2D eigenvalue weighted by Crippen LogP contribution is -2.41. The van der Waals surface area contributed by atoms with Crippen LogP contribution < -0.4 is 4.74 Å². The molecule has 0 unspecified atom stereocenters. The van der Waals surface area contributed by atoms with Crippen LogP contribution in [0.15, 0.2) is 30.3 Å². The van der Waals surface area contributed by atoms with E-state index in [4.69, 9.17) is 21.1 Å². The molecule has 1 aromatic carbocycles. The van der Waals surface area contributed by atoms with Crippen molar-refractivity contribution in [2.75, 3.05) is 14.2 Å². The highest BCUT2D eigenvalue weighted by atomic mass is 35.5. The molecule has 29 heavy (non-hydrogen) atoms. The van der Waals surface area contributed by atoms with Gasteiger partial charge >= 0.3 is 6.09 Å². The molecule has 1 aliphatic rings. The van der Waals surface area contributed by atoms with Crippen molar-refractivity contribution in [1.29, 1.82) is 5.26 Å². The Morgan fingerprint density at radius 2 is 1.93 bits per heavy atom. The number of halogens is 1. The number of carbonyl (C=O) groups is 1. The number of hydrogen-bond acceptors (Lipinski definition) is 5. The Kier molecular flexibility index (Phi) is 5.46. The summed E-state index contributed by atoms with van der Waals surface area (Å²) in [6, 6.07) is 11.2. The van der Waals surface area contributed by atoms with Gasteiger partial charge in [0.2, 0.25) is 5.88 Å². The Hall–Kier alpha value is -2.78. The summed E-state index contributed by atoms with van der Waals surface area (Å²) in [7, 11) is 3.25. The zero-order valence-electron chi connectivity index (χ0n) is 17.2. The minimum atomic E-state index is -0.585. The van der Waals surface area contributed by atoms with Gasteiger partial charge in [0.25, 0.3) is 0 Å². The molecule has 6 nitrogen and oxygen atoms in total. The van der Waals surface area contributed by atoms with Crippen LogP contribution in [0.25, 0.3) is 11.1 Å². The quantitative estimate of drug-likeness (QED) is 0.693. The van der Waals surface area contributed by atoms with Gasteiger partial charge < -0.3 is 14.4 Å². The average molecular weight is 414 g/mol. The predicted octanol–water partition coefficient (Wildman–Crippen LogP) is 5.14. The van der Waals surface area contributed by atoms with Crippen molar-refractivity contribution < 1.29 is 14.3 Å². The molecule has 1 amide bonds. The van der Waals surface area contributed by atoms with Gasteiger partial charge in [0.05, 0.1) is 12.6 Å². The number of nitrogens with zero attached hydrogens (tertiary/aromatic N) is 3. The summed E-state index contributed by atoms with van der Waals surface area (Å²) in [6.07, 6.45) is 1.20. The van der Waals surface area contributed by atoms with Crippen LogP contribution in [0.2, 0.25) is 5.02 Å². The molecule has 1 saturated carbocycles. The molecule has 152 valence electrons. The second kappa shape index (κ2) is 7.57. The lowest BCUT2D eigenvalue weighted by atomic mass is 9.92. The summed E-state index contributed by atoms with van der Waals surface area (Å²) < 4.78 is 10.7. The summed E-state index contributed by atoms with van der Waals surface area (Å²) in [5.41, 5.74) is 1.49. The Bertz CT molecular complexity index is 988. The number of rotatable bonds is 4. The molecule has 1 aliphatic carbocycles. The minimum absolute atomic E-state index is 0.239. The Balaban J connectivity index is 2.09. The molecular weight excluding hydrogens is 390 g/mol. The van der Waals surface area contributed by atoms with Gasteiger partial charge in [-0.1, -0.05) is 17.7 Å². The summed E-state index contributed by atoms with van der Waals surface area (Å²) in [6.45, 7) is 5.52. The van der Waals surface area contributed by atoms with Gasteiger partial charge in [-0.05, 0) is 62.9 Å². The van der Waals surface area contributed by atoms with E-state index < -0.39 is 11.1 Å². The minimum Gasteiger partial charge on any atom is -0.481 e. The zero-order valence-corrected chi connectivity index (χ0v) is 18.0. The maximum Gasteiger partial charge on any atom is 0.410 e. The lowest BCUT2D eigenvalue weighted by molar-refractivity contribution is 0.0190. The van der Waals surface area contributed by atoms with Crippen LogP contribution >= 0.6 is 11.6 Å². The van der Waals surface area contributed by atoms with Crippen LogP contribution in [0.3, 0.4) is 0 Å². The first-order valence-corrected chi connectivity index (χ1v) is 9.71. The number of amides is 1. The number of hydrogen-bond donors (Lipinski definition) is 0. The van der Waals surface area contributed by atoms with Crippen LogP contribution in [0.5, 0.6) is 5.88 Å². The van der Waals surface area contributed by atoms with Gasteiger partial charge in [0.15, 0.2) is 5.69 Å². The van der Waals surface area contributed by atoms with Crippen LogP contribution in [0.1, 0.15) is 44.9 Å². The third kappa shape index (κ3) is 4.15. The van der Waals surface area contributed by atoms with Crippen molar-refractivity contribution in [2.45, 2.75) is 44.8 Å². The summed E-state index contributed by atoms with van der Waals surface area (Å²) in [5.74, 6) is 0.362. The molecule has 1 fully saturated rings. The summed E-state index contributed by atoms with van der Waals surface area (Å²) in [4.78, 5) is 18.6. The second-order valence-corrected chi connectivity index (χ2v) is 8.56. The topological polar surface area (TPSA) is 75.4 Å². The normalized spacial score (nSPS) is 14.7.